The molecule has 1 heteroatoms. The van der Waals surface area contributed by atoms with Crippen molar-refractivity contribution in [1.29, 1.82) is 0 Å². The molecule has 0 aliphatic carbocycles. The summed E-state index contributed by atoms with van der Waals surface area (Å²) in [6, 6.07) is 7.81. The maximum Gasteiger partial charge on any atom is 0.0684 e. The van der Waals surface area contributed by atoms with E-state index in [4.69, 9.17) is 5.11 Å². The number of allylic oxidation sites excluding steroid dienone is 1. The largest absolute Gasteiger partial charge is 0.392 e. The van der Waals surface area contributed by atoms with E-state index >= 15 is 0 Å². The first-order valence-electron chi connectivity index (χ1n) is 3.90. The van der Waals surface area contributed by atoms with Crippen molar-refractivity contribution in [2.45, 2.75) is 13.0 Å². The number of aliphatic hydroxyl groups excluding tert-OH is 1. The third-order valence-electron chi connectivity index (χ3n) is 1.76. The lowest BCUT2D eigenvalue weighted by Gasteiger charge is -2.02. The molecule has 1 nitrogen and oxygen atoms in total. The second kappa shape index (κ2) is 4.55. The second-order valence-electron chi connectivity index (χ2n) is 2.54. The Balaban J connectivity index is 2.88. The highest BCUT2D eigenvalue weighted by atomic mass is 16.3. The van der Waals surface area contributed by atoms with Crippen LogP contribution in [-0.4, -0.2) is 5.11 Å². The maximum atomic E-state index is 8.97. The summed E-state index contributed by atoms with van der Waals surface area (Å²) in [5.74, 6) is 0. The van der Waals surface area contributed by atoms with Gasteiger partial charge in [0.05, 0.1) is 6.61 Å². The molecule has 0 atom stereocenters. The third kappa shape index (κ3) is 2.09. The SMILES string of the molecule is C=C=CCc1ccccc1CO. The van der Waals surface area contributed by atoms with E-state index < -0.39 is 0 Å². The number of benzene rings is 1. The Hall–Kier alpha value is -1.30. The molecule has 1 aromatic carbocycles. The van der Waals surface area contributed by atoms with Gasteiger partial charge in [-0.2, -0.15) is 0 Å². The highest BCUT2D eigenvalue weighted by Crippen LogP contribution is 2.09. The van der Waals surface area contributed by atoms with Crippen LogP contribution in [0.3, 0.4) is 0 Å². The first-order valence-corrected chi connectivity index (χ1v) is 3.90. The molecular weight excluding hydrogens is 148 g/mol. The summed E-state index contributed by atoms with van der Waals surface area (Å²) < 4.78 is 0. The lowest BCUT2D eigenvalue weighted by atomic mass is 10.1. The molecule has 0 saturated carbocycles. The molecule has 12 heavy (non-hydrogen) atoms. The molecule has 0 aliphatic rings. The Kier molecular flexibility index (Phi) is 3.34. The molecule has 0 bridgehead atoms. The van der Waals surface area contributed by atoms with Crippen LogP contribution in [0.25, 0.3) is 0 Å². The standard InChI is InChI=1S/C11H12O/c1-2-3-6-10-7-4-5-8-11(10)9-12/h3-5,7-8,12H,1,6,9H2. The number of rotatable bonds is 3. The molecular formula is C11H12O. The smallest absolute Gasteiger partial charge is 0.0684 e. The third-order valence-corrected chi connectivity index (χ3v) is 1.76. The zero-order chi connectivity index (χ0) is 8.81. The van der Waals surface area contributed by atoms with Gasteiger partial charge in [-0.1, -0.05) is 30.8 Å². The summed E-state index contributed by atoms with van der Waals surface area (Å²) in [5.41, 5.74) is 4.82. The molecule has 0 heterocycles. The summed E-state index contributed by atoms with van der Waals surface area (Å²) in [6.07, 6.45) is 2.65. The van der Waals surface area contributed by atoms with E-state index in [0.717, 1.165) is 17.5 Å². The van der Waals surface area contributed by atoms with Crippen molar-refractivity contribution in [2.75, 3.05) is 0 Å². The van der Waals surface area contributed by atoms with Crippen molar-refractivity contribution >= 4 is 0 Å². The van der Waals surface area contributed by atoms with Gasteiger partial charge in [0.1, 0.15) is 0 Å². The fraction of sp³-hybridized carbons (Fsp3) is 0.182. The summed E-state index contributed by atoms with van der Waals surface area (Å²) in [6.45, 7) is 3.59. The summed E-state index contributed by atoms with van der Waals surface area (Å²) in [7, 11) is 0. The van der Waals surface area contributed by atoms with E-state index in [1.54, 1.807) is 0 Å². The van der Waals surface area contributed by atoms with Crippen LogP contribution in [0.1, 0.15) is 11.1 Å². The lowest BCUT2D eigenvalue weighted by Crippen LogP contribution is -1.91. The summed E-state index contributed by atoms with van der Waals surface area (Å²) in [5, 5.41) is 8.97. The molecule has 0 radical (unpaired) electrons. The number of hydrogen-bond donors (Lipinski definition) is 1. The van der Waals surface area contributed by atoms with E-state index in [0.29, 0.717) is 0 Å². The van der Waals surface area contributed by atoms with Crippen molar-refractivity contribution < 1.29 is 5.11 Å². The van der Waals surface area contributed by atoms with Gasteiger partial charge in [-0.3, -0.25) is 0 Å². The number of aliphatic hydroxyl groups is 1. The van der Waals surface area contributed by atoms with Crippen molar-refractivity contribution in [3.8, 4) is 0 Å². The minimum atomic E-state index is 0.0984. The van der Waals surface area contributed by atoms with Gasteiger partial charge in [0, 0.05) is 0 Å². The molecule has 0 aliphatic heterocycles. The van der Waals surface area contributed by atoms with E-state index in [-0.39, 0.29) is 6.61 Å². The second-order valence-corrected chi connectivity index (χ2v) is 2.54. The Morgan fingerprint density at radius 2 is 2.00 bits per heavy atom. The van der Waals surface area contributed by atoms with E-state index in [9.17, 15) is 0 Å². The monoisotopic (exact) mass is 160 g/mol. The summed E-state index contributed by atoms with van der Waals surface area (Å²) >= 11 is 0. The van der Waals surface area contributed by atoms with Crippen molar-refractivity contribution in [3.63, 3.8) is 0 Å². The highest BCUT2D eigenvalue weighted by Gasteiger charge is 1.96. The van der Waals surface area contributed by atoms with Crippen LogP contribution in [0.4, 0.5) is 0 Å². The van der Waals surface area contributed by atoms with Gasteiger partial charge < -0.3 is 5.11 Å². The molecule has 0 amide bonds. The highest BCUT2D eigenvalue weighted by molar-refractivity contribution is 5.28. The Morgan fingerprint density at radius 3 is 2.58 bits per heavy atom. The van der Waals surface area contributed by atoms with Crippen LogP contribution in [-0.2, 0) is 13.0 Å². The van der Waals surface area contributed by atoms with Crippen LogP contribution in [0.2, 0.25) is 0 Å². The Bertz CT molecular complexity index is 296. The van der Waals surface area contributed by atoms with Crippen molar-refractivity contribution in [2.24, 2.45) is 0 Å². The maximum absolute atomic E-state index is 8.97. The Labute approximate surface area is 72.7 Å². The minimum Gasteiger partial charge on any atom is -0.392 e. The number of hydrogen-bond acceptors (Lipinski definition) is 1. The van der Waals surface area contributed by atoms with Gasteiger partial charge >= 0.3 is 0 Å². The first-order chi connectivity index (χ1) is 5.88. The van der Waals surface area contributed by atoms with Crippen LogP contribution >= 0.6 is 0 Å². The molecule has 62 valence electrons. The van der Waals surface area contributed by atoms with Gasteiger partial charge in [-0.15, -0.1) is 5.73 Å². The van der Waals surface area contributed by atoms with Crippen LogP contribution in [0.15, 0.2) is 42.7 Å². The predicted molar refractivity (Wildman–Crippen MR) is 49.8 cm³/mol. The molecule has 0 unspecified atom stereocenters. The van der Waals surface area contributed by atoms with Crippen LogP contribution < -0.4 is 0 Å². The van der Waals surface area contributed by atoms with E-state index in [1.165, 1.54) is 0 Å². The fourth-order valence-corrected chi connectivity index (χ4v) is 1.09. The van der Waals surface area contributed by atoms with Crippen LogP contribution in [0.5, 0.6) is 0 Å². The van der Waals surface area contributed by atoms with Crippen molar-refractivity contribution in [3.05, 3.63) is 53.8 Å². The quantitative estimate of drug-likeness (QED) is 0.671. The molecule has 0 aromatic heterocycles. The average molecular weight is 160 g/mol. The van der Waals surface area contributed by atoms with Crippen molar-refractivity contribution in [1.82, 2.24) is 0 Å². The van der Waals surface area contributed by atoms with Crippen LogP contribution in [0, 0.1) is 0 Å². The topological polar surface area (TPSA) is 20.2 Å². The first kappa shape index (κ1) is 8.79. The average Bonchev–Trinajstić information content (AvgIpc) is 2.15. The molecule has 0 fully saturated rings. The van der Waals surface area contributed by atoms with Gasteiger partial charge in [0.25, 0.3) is 0 Å². The van der Waals surface area contributed by atoms with E-state index in [1.807, 2.05) is 30.3 Å². The summed E-state index contributed by atoms with van der Waals surface area (Å²) in [4.78, 5) is 0. The lowest BCUT2D eigenvalue weighted by molar-refractivity contribution is 0.281. The van der Waals surface area contributed by atoms with Gasteiger partial charge in [0.15, 0.2) is 0 Å². The van der Waals surface area contributed by atoms with Gasteiger partial charge in [-0.25, -0.2) is 0 Å². The minimum absolute atomic E-state index is 0.0984. The van der Waals surface area contributed by atoms with E-state index in [2.05, 4.69) is 12.3 Å². The Morgan fingerprint density at radius 1 is 1.33 bits per heavy atom. The molecule has 1 N–H and O–H groups in total. The fourth-order valence-electron chi connectivity index (χ4n) is 1.09. The molecule has 1 rings (SSSR count). The molecule has 0 saturated heterocycles. The predicted octanol–water partition coefficient (Wildman–Crippen LogP) is 2.06. The van der Waals surface area contributed by atoms with Gasteiger partial charge in [0.2, 0.25) is 0 Å². The van der Waals surface area contributed by atoms with Gasteiger partial charge in [-0.05, 0) is 23.6 Å². The zero-order valence-electron chi connectivity index (χ0n) is 6.96. The normalized spacial score (nSPS) is 9.08. The molecule has 0 spiro atoms. The zero-order valence-corrected chi connectivity index (χ0v) is 6.96. The molecule has 1 aromatic rings.